The number of nitrogens with two attached hydrogens (primary N) is 1. The molecule has 5 rings (SSSR count). The van der Waals surface area contributed by atoms with Gasteiger partial charge in [0.15, 0.2) is 11.5 Å². The molecule has 2 amide bonds. The number of rotatable bonds is 5. The van der Waals surface area contributed by atoms with Gasteiger partial charge in [0, 0.05) is 56.1 Å². The second-order valence-corrected chi connectivity index (χ2v) is 11.8. The summed E-state index contributed by atoms with van der Waals surface area (Å²) in [5.74, 6) is 0.537. The molecule has 10 heteroatoms. The first-order valence-corrected chi connectivity index (χ1v) is 13.6. The first-order valence-electron chi connectivity index (χ1n) is 13.6. The van der Waals surface area contributed by atoms with Gasteiger partial charge in [-0.15, -0.1) is 0 Å². The molecule has 0 atom stereocenters. The van der Waals surface area contributed by atoms with Gasteiger partial charge in [-0.1, -0.05) is 0 Å². The number of amides is 2. The molecule has 1 aromatic carbocycles. The number of ether oxygens (including phenoxy) is 1. The van der Waals surface area contributed by atoms with Crippen molar-refractivity contribution in [2.45, 2.75) is 58.5 Å². The second-order valence-electron chi connectivity index (χ2n) is 11.8. The fourth-order valence-electron chi connectivity index (χ4n) is 5.59. The zero-order valence-electron chi connectivity index (χ0n) is 22.7. The Hall–Kier alpha value is -3.56. The molecule has 10 nitrogen and oxygen atoms in total. The lowest BCUT2D eigenvalue weighted by Gasteiger charge is -2.54. The highest BCUT2D eigenvalue weighted by molar-refractivity contribution is 5.96. The van der Waals surface area contributed by atoms with Crippen molar-refractivity contribution in [1.82, 2.24) is 14.9 Å². The number of hydrogen-bond donors (Lipinski definition) is 2. The van der Waals surface area contributed by atoms with Crippen LogP contribution < -0.4 is 20.9 Å². The van der Waals surface area contributed by atoms with Crippen molar-refractivity contribution in [2.75, 3.05) is 54.4 Å². The maximum atomic E-state index is 12.3. The van der Waals surface area contributed by atoms with E-state index in [1.54, 1.807) is 6.20 Å². The second kappa shape index (κ2) is 10.3. The summed E-state index contributed by atoms with van der Waals surface area (Å²) in [7, 11) is 0. The molecule has 0 aliphatic carbocycles. The number of nitrogens with zero attached hydrogens (tertiary/aromatic N) is 5. The molecule has 3 aliphatic heterocycles. The molecule has 3 fully saturated rings. The summed E-state index contributed by atoms with van der Waals surface area (Å²) in [5.41, 5.74) is 7.43. The molecule has 204 valence electrons. The number of anilines is 4. The topological polar surface area (TPSA) is 117 Å². The Morgan fingerprint density at radius 2 is 1.63 bits per heavy atom. The van der Waals surface area contributed by atoms with Gasteiger partial charge < -0.3 is 30.5 Å². The van der Waals surface area contributed by atoms with Crippen LogP contribution in [0.3, 0.4) is 0 Å². The molecule has 2 aromatic rings. The summed E-state index contributed by atoms with van der Waals surface area (Å²) in [6, 6.07) is 8.15. The Bertz CT molecular complexity index is 1160. The van der Waals surface area contributed by atoms with Gasteiger partial charge in [0.05, 0.1) is 6.20 Å². The average Bonchev–Trinajstić information content (AvgIpc) is 2.87. The normalized spacial score (nSPS) is 19.2. The van der Waals surface area contributed by atoms with Crippen LogP contribution in [0.4, 0.5) is 27.8 Å². The highest BCUT2D eigenvalue weighted by Crippen LogP contribution is 2.42. The number of nitrogens with one attached hydrogen (secondary N) is 1. The van der Waals surface area contributed by atoms with Crippen LogP contribution in [0.1, 0.15) is 63.4 Å². The van der Waals surface area contributed by atoms with Crippen molar-refractivity contribution in [3.05, 3.63) is 36.2 Å². The predicted octanol–water partition coefficient (Wildman–Crippen LogP) is 4.15. The SMILES string of the molecule is CC(C)(C)OC(=O)N1CC2(CCN(c3ccc(Nc4nc(N5CCCCC5)cnc4C(N)=O)cc3)CC2)C1. The third-order valence-corrected chi connectivity index (χ3v) is 7.70. The summed E-state index contributed by atoms with van der Waals surface area (Å²) in [5, 5.41) is 3.26. The standard InChI is InChI=1S/C28H39N7O3/c1-27(2,3)38-26(37)35-18-28(19-35)11-15-33(16-12-28)21-9-7-20(8-10-21)31-25-23(24(29)36)30-17-22(32-25)34-13-5-4-6-14-34/h7-10,17H,4-6,11-16,18-19H2,1-3H3,(H2,29,36)(H,31,32). The Labute approximate surface area is 224 Å². The molecule has 1 aromatic heterocycles. The molecule has 0 bridgehead atoms. The molecule has 3 N–H and O–H groups in total. The minimum atomic E-state index is -0.606. The average molecular weight is 522 g/mol. The molecule has 0 radical (unpaired) electrons. The Morgan fingerprint density at radius 3 is 2.24 bits per heavy atom. The van der Waals surface area contributed by atoms with Crippen molar-refractivity contribution in [3.8, 4) is 0 Å². The van der Waals surface area contributed by atoms with E-state index in [1.807, 2.05) is 37.8 Å². The lowest BCUT2D eigenvalue weighted by molar-refractivity contribution is -0.0434. The van der Waals surface area contributed by atoms with E-state index in [9.17, 15) is 9.59 Å². The van der Waals surface area contributed by atoms with E-state index in [2.05, 4.69) is 32.2 Å². The van der Waals surface area contributed by atoms with Crippen LogP contribution >= 0.6 is 0 Å². The van der Waals surface area contributed by atoms with E-state index in [0.717, 1.165) is 82.1 Å². The number of likely N-dealkylation sites (tertiary alicyclic amines) is 1. The molecular formula is C28H39N7O3. The van der Waals surface area contributed by atoms with Crippen molar-refractivity contribution >= 4 is 35.0 Å². The van der Waals surface area contributed by atoms with E-state index >= 15 is 0 Å². The van der Waals surface area contributed by atoms with E-state index in [1.165, 1.54) is 6.42 Å². The fraction of sp³-hybridized carbons (Fsp3) is 0.571. The van der Waals surface area contributed by atoms with Gasteiger partial charge in [-0.05, 0) is 77.1 Å². The molecule has 3 saturated heterocycles. The smallest absolute Gasteiger partial charge is 0.410 e. The molecular weight excluding hydrogens is 482 g/mol. The number of aromatic nitrogens is 2. The van der Waals surface area contributed by atoms with Gasteiger partial charge in [0.1, 0.15) is 11.4 Å². The van der Waals surface area contributed by atoms with E-state index in [-0.39, 0.29) is 17.2 Å². The number of carbonyl (C=O) groups is 2. The summed E-state index contributed by atoms with van der Waals surface area (Å²) in [6.45, 7) is 11.0. The minimum absolute atomic E-state index is 0.136. The van der Waals surface area contributed by atoms with Crippen molar-refractivity contribution in [3.63, 3.8) is 0 Å². The fourth-order valence-corrected chi connectivity index (χ4v) is 5.59. The summed E-state index contributed by atoms with van der Waals surface area (Å²) in [6.07, 6.45) is 7.01. The third kappa shape index (κ3) is 5.79. The molecule has 0 saturated carbocycles. The largest absolute Gasteiger partial charge is 0.444 e. The van der Waals surface area contributed by atoms with Crippen LogP contribution in [-0.2, 0) is 4.74 Å². The number of primary amides is 1. The number of piperidine rings is 2. The quantitative estimate of drug-likeness (QED) is 0.603. The molecule has 38 heavy (non-hydrogen) atoms. The van der Waals surface area contributed by atoms with Crippen molar-refractivity contribution < 1.29 is 14.3 Å². The highest BCUT2D eigenvalue weighted by atomic mass is 16.6. The van der Waals surface area contributed by atoms with Gasteiger partial charge in [-0.3, -0.25) is 4.79 Å². The van der Waals surface area contributed by atoms with E-state index in [0.29, 0.717) is 5.82 Å². The van der Waals surface area contributed by atoms with Crippen molar-refractivity contribution in [1.29, 1.82) is 0 Å². The monoisotopic (exact) mass is 521 g/mol. The number of hydrogen-bond acceptors (Lipinski definition) is 8. The lowest BCUT2D eigenvalue weighted by Crippen LogP contribution is -2.62. The summed E-state index contributed by atoms with van der Waals surface area (Å²) < 4.78 is 5.51. The molecule has 4 heterocycles. The number of carbonyl (C=O) groups excluding carboxylic acids is 2. The summed E-state index contributed by atoms with van der Waals surface area (Å²) >= 11 is 0. The summed E-state index contributed by atoms with van der Waals surface area (Å²) in [4.78, 5) is 39.7. The van der Waals surface area contributed by atoms with Crippen LogP contribution in [-0.4, -0.2) is 71.7 Å². The van der Waals surface area contributed by atoms with E-state index < -0.39 is 11.5 Å². The molecule has 1 spiro atoms. The van der Waals surface area contributed by atoms with Gasteiger partial charge in [0.25, 0.3) is 5.91 Å². The van der Waals surface area contributed by atoms with Gasteiger partial charge in [-0.25, -0.2) is 14.8 Å². The Kier molecular flexibility index (Phi) is 7.07. The predicted molar refractivity (Wildman–Crippen MR) is 148 cm³/mol. The van der Waals surface area contributed by atoms with Gasteiger partial charge >= 0.3 is 6.09 Å². The van der Waals surface area contributed by atoms with Crippen LogP contribution in [0.25, 0.3) is 0 Å². The van der Waals surface area contributed by atoms with Crippen LogP contribution in [0.2, 0.25) is 0 Å². The van der Waals surface area contributed by atoms with Gasteiger partial charge in [0.2, 0.25) is 0 Å². The van der Waals surface area contributed by atoms with Crippen LogP contribution in [0.15, 0.2) is 30.5 Å². The maximum absolute atomic E-state index is 12.3. The van der Waals surface area contributed by atoms with Gasteiger partial charge in [-0.2, -0.15) is 0 Å². The maximum Gasteiger partial charge on any atom is 0.410 e. The first-order chi connectivity index (χ1) is 18.1. The van der Waals surface area contributed by atoms with E-state index in [4.69, 9.17) is 15.5 Å². The first kappa shape index (κ1) is 26.1. The minimum Gasteiger partial charge on any atom is -0.444 e. The van der Waals surface area contributed by atoms with Crippen LogP contribution in [0, 0.1) is 5.41 Å². The zero-order chi connectivity index (χ0) is 26.9. The Balaban J connectivity index is 1.18. The zero-order valence-corrected chi connectivity index (χ0v) is 22.7. The van der Waals surface area contributed by atoms with Crippen molar-refractivity contribution in [2.24, 2.45) is 11.1 Å². The molecule has 3 aliphatic rings. The Morgan fingerprint density at radius 1 is 0.974 bits per heavy atom. The highest BCUT2D eigenvalue weighted by Gasteiger charge is 2.47. The number of benzene rings is 1. The third-order valence-electron chi connectivity index (χ3n) is 7.70. The van der Waals surface area contributed by atoms with Crippen LogP contribution in [0.5, 0.6) is 0 Å². The lowest BCUT2D eigenvalue weighted by atomic mass is 9.72. The molecule has 0 unspecified atom stereocenters.